The van der Waals surface area contributed by atoms with Crippen molar-refractivity contribution in [3.63, 3.8) is 0 Å². The van der Waals surface area contributed by atoms with Crippen molar-refractivity contribution in [1.82, 2.24) is 4.90 Å². The van der Waals surface area contributed by atoms with E-state index in [1.54, 1.807) is 0 Å². The van der Waals surface area contributed by atoms with E-state index < -0.39 is 6.10 Å². The molecule has 2 atom stereocenters. The highest BCUT2D eigenvalue weighted by Gasteiger charge is 2.30. The second-order valence-electron chi connectivity index (χ2n) is 5.77. The summed E-state index contributed by atoms with van der Waals surface area (Å²) in [5.41, 5.74) is 2.55. The van der Waals surface area contributed by atoms with Gasteiger partial charge in [0, 0.05) is 36.1 Å². The molecule has 114 valence electrons. The molecule has 0 aliphatic carbocycles. The highest BCUT2D eigenvalue weighted by Crippen LogP contribution is 2.35. The van der Waals surface area contributed by atoms with Crippen LogP contribution in [-0.2, 0) is 4.79 Å². The van der Waals surface area contributed by atoms with Crippen LogP contribution in [0.3, 0.4) is 0 Å². The zero-order chi connectivity index (χ0) is 15.0. The number of benzene rings is 1. The lowest BCUT2D eigenvalue weighted by molar-refractivity contribution is -0.123. The maximum Gasteiger partial charge on any atom is 0.257 e. The van der Waals surface area contributed by atoms with Crippen molar-refractivity contribution in [3.8, 4) is 0 Å². The fraction of sp³-hybridized carbons (Fsp3) is 0.562. The predicted molar refractivity (Wildman–Crippen MR) is 83.6 cm³/mol. The van der Waals surface area contributed by atoms with Crippen molar-refractivity contribution in [1.29, 1.82) is 0 Å². The first kappa shape index (κ1) is 14.4. The summed E-state index contributed by atoms with van der Waals surface area (Å²) in [5, 5.41) is 12.5. The van der Waals surface area contributed by atoms with Crippen LogP contribution in [0.15, 0.2) is 18.2 Å². The van der Waals surface area contributed by atoms with Gasteiger partial charge in [-0.1, -0.05) is 19.9 Å². The number of aliphatic hydroxyl groups is 1. The quantitative estimate of drug-likeness (QED) is 0.884. The Kier molecular flexibility index (Phi) is 3.87. The van der Waals surface area contributed by atoms with Gasteiger partial charge in [-0.15, -0.1) is 0 Å². The van der Waals surface area contributed by atoms with Crippen molar-refractivity contribution in [2.75, 3.05) is 36.4 Å². The van der Waals surface area contributed by atoms with Gasteiger partial charge in [-0.2, -0.15) is 0 Å². The third-order valence-corrected chi connectivity index (χ3v) is 4.69. The summed E-state index contributed by atoms with van der Waals surface area (Å²) in [7, 11) is 0. The maximum absolute atomic E-state index is 11.5. The van der Waals surface area contributed by atoms with Gasteiger partial charge in [-0.05, 0) is 31.6 Å². The fourth-order valence-electron chi connectivity index (χ4n) is 3.44. The summed E-state index contributed by atoms with van der Waals surface area (Å²) in [4.78, 5) is 16.4. The zero-order valence-corrected chi connectivity index (χ0v) is 12.7. The number of nitrogens with zero attached hydrogens (tertiary/aromatic N) is 2. The molecule has 0 radical (unpaired) electrons. The molecule has 21 heavy (non-hydrogen) atoms. The smallest absolute Gasteiger partial charge is 0.257 e. The van der Waals surface area contributed by atoms with Crippen molar-refractivity contribution in [3.05, 3.63) is 23.8 Å². The third-order valence-electron chi connectivity index (χ3n) is 4.69. The maximum atomic E-state index is 11.5. The summed E-state index contributed by atoms with van der Waals surface area (Å²) in [6.07, 6.45) is 0.157. The molecule has 5 heteroatoms. The van der Waals surface area contributed by atoms with Gasteiger partial charge in [0.15, 0.2) is 6.10 Å². The number of carbonyl (C=O) groups excluding carboxylic acids is 1. The van der Waals surface area contributed by atoms with Gasteiger partial charge in [0.1, 0.15) is 0 Å². The number of hydrogen-bond donors (Lipinski definition) is 2. The Balaban J connectivity index is 1.75. The molecule has 2 heterocycles. The molecular formula is C16H23N3O2. The Morgan fingerprint density at radius 3 is 2.86 bits per heavy atom. The number of anilines is 2. The number of hydrogen-bond acceptors (Lipinski definition) is 4. The molecule has 1 aromatic carbocycles. The topological polar surface area (TPSA) is 55.8 Å². The lowest BCUT2D eigenvalue weighted by Gasteiger charge is -2.26. The van der Waals surface area contributed by atoms with Gasteiger partial charge in [-0.25, -0.2) is 0 Å². The van der Waals surface area contributed by atoms with Crippen LogP contribution in [0.2, 0.25) is 0 Å². The molecule has 2 aliphatic heterocycles. The molecule has 2 aliphatic rings. The van der Waals surface area contributed by atoms with E-state index in [2.05, 4.69) is 29.0 Å². The first-order chi connectivity index (χ1) is 10.1. The molecule has 5 nitrogen and oxygen atoms in total. The lowest BCUT2D eigenvalue weighted by Crippen LogP contribution is -2.37. The Labute approximate surface area is 125 Å². The van der Waals surface area contributed by atoms with E-state index in [0.29, 0.717) is 11.6 Å². The number of carbonyl (C=O) groups is 1. The van der Waals surface area contributed by atoms with Crippen LogP contribution in [-0.4, -0.2) is 48.1 Å². The van der Waals surface area contributed by atoms with Crippen LogP contribution in [0, 0.1) is 0 Å². The lowest BCUT2D eigenvalue weighted by atomic mass is 10.1. The minimum atomic E-state index is -1.02. The summed E-state index contributed by atoms with van der Waals surface area (Å²) < 4.78 is 0. The normalized spacial score (nSPS) is 24.6. The second-order valence-corrected chi connectivity index (χ2v) is 5.77. The highest BCUT2D eigenvalue weighted by molar-refractivity contribution is 6.02. The van der Waals surface area contributed by atoms with Crippen LogP contribution in [0.5, 0.6) is 0 Å². The van der Waals surface area contributed by atoms with Gasteiger partial charge in [0.25, 0.3) is 5.91 Å². The van der Waals surface area contributed by atoms with E-state index in [9.17, 15) is 9.90 Å². The number of fused-ring (bicyclic) bond motifs is 1. The standard InChI is InChI=1S/C16H23N3O2/c1-3-18(4-2)12-7-8-19(10-12)11-5-6-13-14(9-11)17-16(21)15(13)20/h5-6,9,12,15,20H,3-4,7-8,10H2,1-2H3,(H,17,21). The van der Waals surface area contributed by atoms with Gasteiger partial charge < -0.3 is 15.3 Å². The third kappa shape index (κ3) is 2.51. The average molecular weight is 289 g/mol. The fourth-order valence-corrected chi connectivity index (χ4v) is 3.44. The molecule has 2 unspecified atom stereocenters. The molecule has 0 saturated carbocycles. The minimum Gasteiger partial charge on any atom is -0.378 e. The molecule has 0 spiro atoms. The van der Waals surface area contributed by atoms with Crippen molar-refractivity contribution in [2.24, 2.45) is 0 Å². The van der Waals surface area contributed by atoms with Crippen molar-refractivity contribution < 1.29 is 9.90 Å². The van der Waals surface area contributed by atoms with Crippen LogP contribution in [0.4, 0.5) is 11.4 Å². The highest BCUT2D eigenvalue weighted by atomic mass is 16.3. The van der Waals surface area contributed by atoms with Gasteiger partial charge >= 0.3 is 0 Å². The monoisotopic (exact) mass is 289 g/mol. The van der Waals surface area contributed by atoms with Gasteiger partial charge in [0.05, 0.1) is 0 Å². The van der Waals surface area contributed by atoms with E-state index in [4.69, 9.17) is 0 Å². The molecule has 1 fully saturated rings. The Bertz CT molecular complexity index is 542. The molecule has 1 amide bonds. The van der Waals surface area contributed by atoms with Crippen LogP contribution >= 0.6 is 0 Å². The van der Waals surface area contributed by atoms with Crippen LogP contribution in [0.1, 0.15) is 31.9 Å². The van der Waals surface area contributed by atoms with E-state index in [-0.39, 0.29) is 5.91 Å². The largest absolute Gasteiger partial charge is 0.378 e. The number of rotatable bonds is 4. The molecule has 2 N–H and O–H groups in total. The van der Waals surface area contributed by atoms with Crippen LogP contribution in [0.25, 0.3) is 0 Å². The molecule has 0 aromatic heterocycles. The minimum absolute atomic E-state index is 0.329. The van der Waals surface area contributed by atoms with E-state index in [1.165, 1.54) is 6.42 Å². The van der Waals surface area contributed by atoms with Gasteiger partial charge in [0.2, 0.25) is 0 Å². The Hall–Kier alpha value is -1.59. The van der Waals surface area contributed by atoms with Gasteiger partial charge in [-0.3, -0.25) is 9.69 Å². The number of amides is 1. The zero-order valence-electron chi connectivity index (χ0n) is 12.7. The first-order valence-corrected chi connectivity index (χ1v) is 7.76. The van der Waals surface area contributed by atoms with Crippen molar-refractivity contribution in [2.45, 2.75) is 32.4 Å². The number of aliphatic hydroxyl groups excluding tert-OH is 1. The number of nitrogens with one attached hydrogen (secondary N) is 1. The summed E-state index contributed by atoms with van der Waals surface area (Å²) >= 11 is 0. The van der Waals surface area contributed by atoms with E-state index in [1.807, 2.05) is 18.2 Å². The van der Waals surface area contributed by atoms with Crippen molar-refractivity contribution >= 4 is 17.3 Å². The summed E-state index contributed by atoms with van der Waals surface area (Å²) in [6, 6.07) is 6.45. The SMILES string of the molecule is CCN(CC)C1CCN(c2ccc3c(c2)NC(=O)C3O)C1. The van der Waals surface area contributed by atoms with Crippen LogP contribution < -0.4 is 10.2 Å². The first-order valence-electron chi connectivity index (χ1n) is 7.76. The molecular weight excluding hydrogens is 266 g/mol. The van der Waals surface area contributed by atoms with E-state index in [0.717, 1.165) is 37.6 Å². The summed E-state index contributed by atoms with van der Waals surface area (Å²) in [5.74, 6) is -0.329. The molecule has 0 bridgehead atoms. The number of likely N-dealkylation sites (N-methyl/N-ethyl adjacent to an activating group) is 1. The Morgan fingerprint density at radius 2 is 2.14 bits per heavy atom. The predicted octanol–water partition coefficient (Wildman–Crippen LogP) is 1.59. The molecule has 1 saturated heterocycles. The molecule has 1 aromatic rings. The Morgan fingerprint density at radius 1 is 1.38 bits per heavy atom. The summed E-state index contributed by atoms with van der Waals surface area (Å²) in [6.45, 7) is 8.65. The molecule has 3 rings (SSSR count). The second kappa shape index (κ2) is 5.66. The van der Waals surface area contributed by atoms with E-state index >= 15 is 0 Å². The average Bonchev–Trinajstić information content (AvgIpc) is 3.07.